The van der Waals surface area contributed by atoms with Gasteiger partial charge in [0.25, 0.3) is 0 Å². The van der Waals surface area contributed by atoms with E-state index in [0.29, 0.717) is 6.04 Å². The average molecular weight is 253 g/mol. The predicted octanol–water partition coefficient (Wildman–Crippen LogP) is 3.05. The fourth-order valence-electron chi connectivity index (χ4n) is 2.69. The first-order valence-corrected chi connectivity index (χ1v) is 7.57. The number of hydrogen-bond donors (Lipinski definition) is 1. The van der Waals surface area contributed by atoms with Gasteiger partial charge >= 0.3 is 0 Å². The molecular weight excluding hydrogens is 230 g/mol. The SMILES string of the molecule is CCc1ccc(CN(CCO)C2CCCC2)s1. The fraction of sp³-hybridized carbons (Fsp3) is 0.714. The van der Waals surface area contributed by atoms with Gasteiger partial charge in [0.2, 0.25) is 0 Å². The zero-order chi connectivity index (χ0) is 12.1. The number of aliphatic hydroxyl groups excluding tert-OH is 1. The summed E-state index contributed by atoms with van der Waals surface area (Å²) in [6.07, 6.45) is 6.47. The fourth-order valence-corrected chi connectivity index (χ4v) is 3.67. The number of aliphatic hydroxyl groups is 1. The summed E-state index contributed by atoms with van der Waals surface area (Å²) in [6, 6.07) is 5.20. The lowest BCUT2D eigenvalue weighted by molar-refractivity contribution is 0.146. The Bertz CT molecular complexity index is 331. The molecule has 1 N–H and O–H groups in total. The van der Waals surface area contributed by atoms with Gasteiger partial charge in [-0.3, -0.25) is 4.90 Å². The smallest absolute Gasteiger partial charge is 0.0558 e. The van der Waals surface area contributed by atoms with E-state index in [-0.39, 0.29) is 6.61 Å². The Kier molecular flexibility index (Phi) is 5.01. The van der Waals surface area contributed by atoms with Crippen LogP contribution in [0.5, 0.6) is 0 Å². The Morgan fingerprint density at radius 1 is 1.29 bits per heavy atom. The van der Waals surface area contributed by atoms with Crippen LogP contribution in [-0.4, -0.2) is 29.2 Å². The number of nitrogens with zero attached hydrogens (tertiary/aromatic N) is 1. The number of aryl methyl sites for hydroxylation is 1. The zero-order valence-electron chi connectivity index (χ0n) is 10.7. The number of rotatable bonds is 6. The molecule has 96 valence electrons. The van der Waals surface area contributed by atoms with Crippen LogP contribution in [-0.2, 0) is 13.0 Å². The molecule has 17 heavy (non-hydrogen) atoms. The van der Waals surface area contributed by atoms with Gasteiger partial charge in [-0.05, 0) is 31.4 Å². The molecule has 2 rings (SSSR count). The molecule has 1 aliphatic carbocycles. The van der Waals surface area contributed by atoms with Crippen molar-refractivity contribution < 1.29 is 5.11 Å². The van der Waals surface area contributed by atoms with Crippen molar-refractivity contribution in [2.24, 2.45) is 0 Å². The summed E-state index contributed by atoms with van der Waals surface area (Å²) in [7, 11) is 0. The molecule has 3 heteroatoms. The van der Waals surface area contributed by atoms with Crippen molar-refractivity contribution >= 4 is 11.3 Å². The van der Waals surface area contributed by atoms with Gasteiger partial charge in [0, 0.05) is 28.9 Å². The van der Waals surface area contributed by atoms with Crippen LogP contribution in [0.1, 0.15) is 42.4 Å². The molecule has 1 fully saturated rings. The largest absolute Gasteiger partial charge is 0.395 e. The highest BCUT2D eigenvalue weighted by molar-refractivity contribution is 7.11. The minimum Gasteiger partial charge on any atom is -0.395 e. The molecule has 0 bridgehead atoms. The number of hydrogen-bond acceptors (Lipinski definition) is 3. The van der Waals surface area contributed by atoms with Gasteiger partial charge in [-0.25, -0.2) is 0 Å². The van der Waals surface area contributed by atoms with Crippen LogP contribution < -0.4 is 0 Å². The Labute approximate surface area is 108 Å². The molecule has 1 aliphatic rings. The first kappa shape index (κ1) is 13.1. The van der Waals surface area contributed by atoms with Crippen LogP contribution in [0.3, 0.4) is 0 Å². The second-order valence-electron chi connectivity index (χ2n) is 4.85. The molecular formula is C14H23NOS. The van der Waals surface area contributed by atoms with Gasteiger partial charge in [-0.2, -0.15) is 0 Å². The monoisotopic (exact) mass is 253 g/mol. The maximum Gasteiger partial charge on any atom is 0.0558 e. The molecule has 1 aromatic heterocycles. The van der Waals surface area contributed by atoms with Crippen molar-refractivity contribution in [2.75, 3.05) is 13.2 Å². The molecule has 0 radical (unpaired) electrons. The molecule has 0 spiro atoms. The van der Waals surface area contributed by atoms with Crippen molar-refractivity contribution in [3.8, 4) is 0 Å². The number of thiophene rings is 1. The van der Waals surface area contributed by atoms with Gasteiger partial charge in [-0.15, -0.1) is 11.3 Å². The van der Waals surface area contributed by atoms with Gasteiger partial charge in [0.05, 0.1) is 6.61 Å². The van der Waals surface area contributed by atoms with E-state index in [4.69, 9.17) is 0 Å². The summed E-state index contributed by atoms with van der Waals surface area (Å²) in [5.41, 5.74) is 0. The first-order chi connectivity index (χ1) is 8.33. The molecule has 0 amide bonds. The summed E-state index contributed by atoms with van der Waals surface area (Å²) in [5, 5.41) is 9.19. The average Bonchev–Trinajstić information content (AvgIpc) is 2.99. The van der Waals surface area contributed by atoms with Crippen molar-refractivity contribution in [1.82, 2.24) is 4.90 Å². The van der Waals surface area contributed by atoms with Crippen LogP contribution in [0.4, 0.5) is 0 Å². The second kappa shape index (κ2) is 6.53. The van der Waals surface area contributed by atoms with E-state index in [1.165, 1.54) is 35.4 Å². The van der Waals surface area contributed by atoms with Crippen LogP contribution in [0.25, 0.3) is 0 Å². The second-order valence-corrected chi connectivity index (χ2v) is 6.11. The summed E-state index contributed by atoms with van der Waals surface area (Å²) < 4.78 is 0. The van der Waals surface area contributed by atoms with Crippen molar-refractivity contribution in [3.63, 3.8) is 0 Å². The van der Waals surface area contributed by atoms with E-state index in [2.05, 4.69) is 24.0 Å². The highest BCUT2D eigenvalue weighted by atomic mass is 32.1. The molecule has 0 unspecified atom stereocenters. The topological polar surface area (TPSA) is 23.5 Å². The quantitative estimate of drug-likeness (QED) is 0.842. The highest BCUT2D eigenvalue weighted by Crippen LogP contribution is 2.26. The van der Waals surface area contributed by atoms with Crippen molar-refractivity contribution in [2.45, 2.75) is 51.6 Å². The third-order valence-electron chi connectivity index (χ3n) is 3.65. The normalized spacial score (nSPS) is 17.1. The molecule has 2 nitrogen and oxygen atoms in total. The third kappa shape index (κ3) is 3.54. The van der Waals surface area contributed by atoms with E-state index >= 15 is 0 Å². The van der Waals surface area contributed by atoms with Crippen molar-refractivity contribution in [1.29, 1.82) is 0 Å². The van der Waals surface area contributed by atoms with E-state index in [1.54, 1.807) is 0 Å². The van der Waals surface area contributed by atoms with Gasteiger partial charge < -0.3 is 5.11 Å². The molecule has 0 aromatic carbocycles. The van der Waals surface area contributed by atoms with Crippen molar-refractivity contribution in [3.05, 3.63) is 21.9 Å². The summed E-state index contributed by atoms with van der Waals surface area (Å²) in [5.74, 6) is 0. The van der Waals surface area contributed by atoms with Gasteiger partial charge in [-0.1, -0.05) is 19.8 Å². The molecule has 0 saturated heterocycles. The Morgan fingerprint density at radius 3 is 2.59 bits per heavy atom. The predicted molar refractivity (Wildman–Crippen MR) is 73.4 cm³/mol. The van der Waals surface area contributed by atoms with Gasteiger partial charge in [0.15, 0.2) is 0 Å². The molecule has 0 aliphatic heterocycles. The lowest BCUT2D eigenvalue weighted by Gasteiger charge is -2.27. The maximum absolute atomic E-state index is 9.19. The lowest BCUT2D eigenvalue weighted by atomic mass is 10.2. The Morgan fingerprint density at radius 2 is 2.00 bits per heavy atom. The standard InChI is InChI=1S/C14H23NOS/c1-2-13-7-8-14(17-13)11-15(9-10-16)12-5-3-4-6-12/h7-8,12,16H,2-6,9-11H2,1H3. The van der Waals surface area contributed by atoms with E-state index in [0.717, 1.165) is 19.5 Å². The van der Waals surface area contributed by atoms with Gasteiger partial charge in [0.1, 0.15) is 0 Å². The van der Waals surface area contributed by atoms with E-state index < -0.39 is 0 Å². The zero-order valence-corrected chi connectivity index (χ0v) is 11.5. The molecule has 1 heterocycles. The van der Waals surface area contributed by atoms with E-state index in [1.807, 2.05) is 11.3 Å². The minimum absolute atomic E-state index is 0.280. The minimum atomic E-state index is 0.280. The molecule has 0 atom stereocenters. The highest BCUT2D eigenvalue weighted by Gasteiger charge is 2.22. The first-order valence-electron chi connectivity index (χ1n) is 6.76. The Balaban J connectivity index is 1.96. The van der Waals surface area contributed by atoms with Crippen LogP contribution in [0, 0.1) is 0 Å². The lowest BCUT2D eigenvalue weighted by Crippen LogP contribution is -2.34. The summed E-state index contributed by atoms with van der Waals surface area (Å²) >= 11 is 1.92. The third-order valence-corrected chi connectivity index (χ3v) is 4.87. The van der Waals surface area contributed by atoms with Crippen LogP contribution in [0.15, 0.2) is 12.1 Å². The summed E-state index contributed by atoms with van der Waals surface area (Å²) in [6.45, 7) is 4.33. The molecule has 1 saturated carbocycles. The Hall–Kier alpha value is -0.380. The maximum atomic E-state index is 9.19. The van der Waals surface area contributed by atoms with Crippen LogP contribution >= 0.6 is 11.3 Å². The van der Waals surface area contributed by atoms with Crippen LogP contribution in [0.2, 0.25) is 0 Å². The van der Waals surface area contributed by atoms with E-state index in [9.17, 15) is 5.11 Å². The molecule has 1 aromatic rings. The summed E-state index contributed by atoms with van der Waals surface area (Å²) in [4.78, 5) is 5.38.